The van der Waals surface area contributed by atoms with Crippen molar-refractivity contribution in [3.05, 3.63) is 0 Å². The van der Waals surface area contributed by atoms with Crippen LogP contribution >= 0.6 is 0 Å². The highest BCUT2D eigenvalue weighted by atomic mass is 28.4. The molecule has 0 rings (SSSR count). The van der Waals surface area contributed by atoms with Gasteiger partial charge in [-0.1, -0.05) is 65.2 Å². The van der Waals surface area contributed by atoms with Gasteiger partial charge in [-0.05, 0) is 19.0 Å². The highest BCUT2D eigenvalue weighted by Crippen LogP contribution is 2.25. The predicted octanol–water partition coefficient (Wildman–Crippen LogP) is 5.27. The van der Waals surface area contributed by atoms with Crippen molar-refractivity contribution in [1.82, 2.24) is 0 Å². The first-order chi connectivity index (χ1) is 8.74. The van der Waals surface area contributed by atoms with Crippen molar-refractivity contribution in [2.45, 2.75) is 84.2 Å². The summed E-state index contributed by atoms with van der Waals surface area (Å²) in [6.07, 6.45) is 10.5. The maximum absolute atomic E-state index is 6.06. The number of hydrogen-bond acceptors (Lipinski definition) is 2. The minimum absolute atomic E-state index is 0.807. The summed E-state index contributed by atoms with van der Waals surface area (Å²) in [7, 11) is -0.00685. The molecule has 0 bridgehead atoms. The van der Waals surface area contributed by atoms with Gasteiger partial charge >= 0.3 is 8.56 Å². The largest absolute Gasteiger partial charge is 0.398 e. The van der Waals surface area contributed by atoms with Gasteiger partial charge in [-0.2, -0.15) is 0 Å². The van der Waals surface area contributed by atoms with Gasteiger partial charge in [0.2, 0.25) is 0 Å². The third-order valence-electron chi connectivity index (χ3n) is 3.60. The van der Waals surface area contributed by atoms with E-state index >= 15 is 0 Å². The zero-order valence-electron chi connectivity index (χ0n) is 13.1. The van der Waals surface area contributed by atoms with Gasteiger partial charge in [0.25, 0.3) is 0 Å². The number of unbranched alkanes of at least 4 members (excludes halogenated alkanes) is 6. The fraction of sp³-hybridized carbons (Fsp3) is 1.00. The van der Waals surface area contributed by atoms with E-state index in [0.29, 0.717) is 0 Å². The van der Waals surface area contributed by atoms with E-state index in [0.717, 1.165) is 6.61 Å². The second kappa shape index (κ2) is 12.2. The van der Waals surface area contributed by atoms with Gasteiger partial charge in [-0.15, -0.1) is 0 Å². The Morgan fingerprint density at radius 2 is 1.22 bits per heavy atom. The van der Waals surface area contributed by atoms with Crippen molar-refractivity contribution in [2.75, 3.05) is 13.7 Å². The van der Waals surface area contributed by atoms with Gasteiger partial charge in [0.15, 0.2) is 0 Å². The van der Waals surface area contributed by atoms with E-state index in [1.54, 1.807) is 0 Å². The first-order valence-electron chi connectivity index (χ1n) is 7.93. The van der Waals surface area contributed by atoms with E-state index in [9.17, 15) is 0 Å². The highest BCUT2D eigenvalue weighted by molar-refractivity contribution is 6.67. The normalized spacial score (nSPS) is 12.0. The fourth-order valence-electron chi connectivity index (χ4n) is 2.44. The van der Waals surface area contributed by atoms with Crippen LogP contribution < -0.4 is 0 Å². The van der Waals surface area contributed by atoms with Crippen LogP contribution in [0, 0.1) is 0 Å². The molecule has 0 spiro atoms. The summed E-state index contributed by atoms with van der Waals surface area (Å²) in [4.78, 5) is 0. The highest BCUT2D eigenvalue weighted by Gasteiger charge is 2.34. The summed E-state index contributed by atoms with van der Waals surface area (Å²) in [5.41, 5.74) is 0. The molecule has 0 aromatic heterocycles. The number of hydrogen-bond donors (Lipinski definition) is 0. The Kier molecular flexibility index (Phi) is 12.3. The van der Waals surface area contributed by atoms with E-state index < -0.39 is 8.56 Å². The summed E-state index contributed by atoms with van der Waals surface area (Å²) >= 11 is 0. The first kappa shape index (κ1) is 18.1. The van der Waals surface area contributed by atoms with Crippen molar-refractivity contribution in [1.29, 1.82) is 0 Å². The molecule has 0 radical (unpaired) electrons. The maximum Gasteiger partial charge on any atom is 0.337 e. The van der Waals surface area contributed by atoms with Crippen molar-refractivity contribution in [3.8, 4) is 0 Å². The van der Waals surface area contributed by atoms with Gasteiger partial charge in [0.05, 0.1) is 0 Å². The Hall–Kier alpha value is 0.137. The van der Waals surface area contributed by atoms with Crippen LogP contribution in [0.2, 0.25) is 12.1 Å². The molecule has 0 aromatic rings. The average molecular weight is 275 g/mol. The van der Waals surface area contributed by atoms with Crippen LogP contribution in [-0.4, -0.2) is 22.3 Å². The Bertz CT molecular complexity index is 162. The quantitative estimate of drug-likeness (QED) is 0.336. The van der Waals surface area contributed by atoms with Crippen LogP contribution in [0.3, 0.4) is 0 Å². The summed E-state index contributed by atoms with van der Waals surface area (Å²) < 4.78 is 11.9. The van der Waals surface area contributed by atoms with Gasteiger partial charge < -0.3 is 8.85 Å². The topological polar surface area (TPSA) is 18.5 Å². The molecule has 18 heavy (non-hydrogen) atoms. The van der Waals surface area contributed by atoms with Crippen LogP contribution in [0.5, 0.6) is 0 Å². The molecule has 0 unspecified atom stereocenters. The molecule has 0 aliphatic heterocycles. The zero-order valence-corrected chi connectivity index (χ0v) is 14.1. The second-order valence-corrected chi connectivity index (χ2v) is 8.69. The molecular formula is C15H34O2Si. The minimum atomic E-state index is -1.87. The molecule has 0 amide bonds. The molecule has 0 aromatic carbocycles. The van der Waals surface area contributed by atoms with Crippen LogP contribution in [0.1, 0.15) is 72.1 Å². The van der Waals surface area contributed by atoms with E-state index in [1.165, 1.54) is 63.5 Å². The second-order valence-electron chi connectivity index (χ2n) is 5.17. The van der Waals surface area contributed by atoms with E-state index in [-0.39, 0.29) is 0 Å². The van der Waals surface area contributed by atoms with Crippen LogP contribution in [0.4, 0.5) is 0 Å². The van der Waals surface area contributed by atoms with Gasteiger partial charge in [0.1, 0.15) is 0 Å². The predicted molar refractivity (Wildman–Crippen MR) is 82.3 cm³/mol. The summed E-state index contributed by atoms with van der Waals surface area (Å²) in [6, 6.07) is 2.37. The molecule has 3 heteroatoms. The van der Waals surface area contributed by atoms with E-state index in [4.69, 9.17) is 8.85 Å². The molecule has 0 aliphatic rings. The number of rotatable bonds is 13. The Morgan fingerprint density at radius 1 is 0.722 bits per heavy atom. The average Bonchev–Trinajstić information content (AvgIpc) is 2.39. The van der Waals surface area contributed by atoms with Crippen LogP contribution in [0.15, 0.2) is 0 Å². The Labute approximate surface area is 116 Å². The lowest BCUT2D eigenvalue weighted by molar-refractivity contribution is 0.205. The van der Waals surface area contributed by atoms with Crippen molar-refractivity contribution < 1.29 is 8.85 Å². The van der Waals surface area contributed by atoms with Gasteiger partial charge in [-0.25, -0.2) is 0 Å². The molecule has 0 N–H and O–H groups in total. The lowest BCUT2D eigenvalue weighted by Gasteiger charge is -2.29. The molecule has 2 nitrogen and oxygen atoms in total. The van der Waals surface area contributed by atoms with Crippen molar-refractivity contribution >= 4 is 8.56 Å². The molecule has 110 valence electrons. The van der Waals surface area contributed by atoms with Gasteiger partial charge in [-0.3, -0.25) is 0 Å². The fourth-order valence-corrected chi connectivity index (χ4v) is 5.61. The standard InChI is InChI=1S/C15H34O2Si/c1-5-8-10-12-14-18(16-4,17-7-3)15-13-11-9-6-2/h5-15H2,1-4H3. The molecule has 0 aliphatic carbocycles. The molecule has 0 fully saturated rings. The van der Waals surface area contributed by atoms with E-state index in [1.807, 2.05) is 7.11 Å². The third kappa shape index (κ3) is 8.28. The molecule has 0 heterocycles. The van der Waals surface area contributed by atoms with E-state index in [2.05, 4.69) is 20.8 Å². The minimum Gasteiger partial charge on any atom is -0.398 e. The SMILES string of the molecule is CCCCCC[Si](CCCCCC)(OC)OCC. The van der Waals surface area contributed by atoms with Crippen molar-refractivity contribution in [3.63, 3.8) is 0 Å². The molecule has 0 atom stereocenters. The Morgan fingerprint density at radius 3 is 1.56 bits per heavy atom. The zero-order chi connectivity index (χ0) is 13.7. The summed E-state index contributed by atoms with van der Waals surface area (Å²) in [6.45, 7) is 7.42. The van der Waals surface area contributed by atoms with Gasteiger partial charge in [0, 0.05) is 13.7 Å². The maximum atomic E-state index is 6.06. The molecule has 0 saturated heterocycles. The smallest absolute Gasteiger partial charge is 0.337 e. The van der Waals surface area contributed by atoms with Crippen LogP contribution in [0.25, 0.3) is 0 Å². The summed E-state index contributed by atoms with van der Waals surface area (Å²) in [5.74, 6) is 0. The molecule has 0 saturated carbocycles. The molecular weight excluding hydrogens is 240 g/mol. The first-order valence-corrected chi connectivity index (χ1v) is 10.2. The summed E-state index contributed by atoms with van der Waals surface area (Å²) in [5, 5.41) is 0. The Balaban J connectivity index is 4.05. The lowest BCUT2D eigenvalue weighted by atomic mass is 10.2. The lowest BCUT2D eigenvalue weighted by Crippen LogP contribution is -2.41. The van der Waals surface area contributed by atoms with Crippen LogP contribution in [-0.2, 0) is 8.85 Å². The van der Waals surface area contributed by atoms with Crippen molar-refractivity contribution in [2.24, 2.45) is 0 Å². The monoisotopic (exact) mass is 274 g/mol. The third-order valence-corrected chi connectivity index (χ3v) is 7.39.